The van der Waals surface area contributed by atoms with E-state index in [1.54, 1.807) is 11.3 Å². The second-order valence-electron chi connectivity index (χ2n) is 7.01. The highest BCUT2D eigenvalue weighted by Crippen LogP contribution is 2.38. The molecule has 2 N–H and O–H groups in total. The SMILES string of the molecule is C#C.OC(CCc1cc(F)cc(F)c1)CNC1(c2ccsc2)CCCCC1. The van der Waals surface area contributed by atoms with Gasteiger partial charge < -0.3 is 10.4 Å². The Morgan fingerprint density at radius 1 is 1.11 bits per heavy atom. The van der Waals surface area contributed by atoms with E-state index in [1.165, 1.54) is 37.0 Å². The average Bonchev–Trinajstić information content (AvgIpc) is 3.22. The third-order valence-electron chi connectivity index (χ3n) is 5.15. The molecule has 1 aliphatic carbocycles. The van der Waals surface area contributed by atoms with Gasteiger partial charge in [-0.05, 0) is 65.8 Å². The van der Waals surface area contributed by atoms with Crippen LogP contribution in [0.4, 0.5) is 8.78 Å². The van der Waals surface area contributed by atoms with Crippen LogP contribution in [0, 0.1) is 24.5 Å². The van der Waals surface area contributed by atoms with Crippen LogP contribution in [0.15, 0.2) is 35.0 Å². The fourth-order valence-electron chi connectivity index (χ4n) is 3.76. The molecule has 0 bridgehead atoms. The van der Waals surface area contributed by atoms with Gasteiger partial charge in [-0.15, -0.1) is 12.8 Å². The first kappa shape index (κ1) is 21.6. The minimum absolute atomic E-state index is 0.0375. The summed E-state index contributed by atoms with van der Waals surface area (Å²) in [6.07, 6.45) is 14.2. The van der Waals surface area contributed by atoms with Crippen LogP contribution in [-0.4, -0.2) is 17.8 Å². The van der Waals surface area contributed by atoms with Crippen LogP contribution in [0.5, 0.6) is 0 Å². The summed E-state index contributed by atoms with van der Waals surface area (Å²) in [5, 5.41) is 18.2. The number of aliphatic hydroxyl groups excluding tert-OH is 1. The van der Waals surface area contributed by atoms with Gasteiger partial charge in [0.05, 0.1) is 6.10 Å². The molecule has 0 aliphatic heterocycles. The topological polar surface area (TPSA) is 32.3 Å². The lowest BCUT2D eigenvalue weighted by Gasteiger charge is -2.39. The van der Waals surface area contributed by atoms with Gasteiger partial charge in [0.2, 0.25) is 0 Å². The second kappa shape index (κ2) is 10.6. The van der Waals surface area contributed by atoms with Gasteiger partial charge in [0.1, 0.15) is 11.6 Å². The molecule has 0 spiro atoms. The monoisotopic (exact) mass is 391 g/mol. The zero-order valence-corrected chi connectivity index (χ0v) is 16.3. The number of rotatable bonds is 7. The molecule has 1 unspecified atom stereocenters. The number of hydrogen-bond donors (Lipinski definition) is 2. The van der Waals surface area contributed by atoms with Crippen molar-refractivity contribution in [2.75, 3.05) is 6.54 Å². The molecule has 2 aromatic rings. The molecule has 5 heteroatoms. The van der Waals surface area contributed by atoms with Gasteiger partial charge in [-0.3, -0.25) is 0 Å². The first-order valence-corrected chi connectivity index (χ1v) is 10.3. The number of aliphatic hydroxyl groups is 1. The van der Waals surface area contributed by atoms with Crippen LogP contribution in [0.2, 0.25) is 0 Å². The molecular weight excluding hydrogens is 364 g/mol. The molecule has 3 rings (SSSR count). The van der Waals surface area contributed by atoms with E-state index >= 15 is 0 Å². The molecule has 1 fully saturated rings. The van der Waals surface area contributed by atoms with E-state index in [2.05, 4.69) is 35.0 Å². The highest BCUT2D eigenvalue weighted by atomic mass is 32.1. The Balaban J connectivity index is 0.00000126. The first-order valence-electron chi connectivity index (χ1n) is 9.31. The zero-order chi connectivity index (χ0) is 19.7. The molecule has 0 radical (unpaired) electrons. The zero-order valence-electron chi connectivity index (χ0n) is 15.5. The molecule has 1 atom stereocenters. The number of aryl methyl sites for hydroxylation is 1. The number of terminal acetylenes is 1. The Hall–Kier alpha value is -1.74. The van der Waals surface area contributed by atoms with E-state index in [4.69, 9.17) is 0 Å². The molecule has 2 nitrogen and oxygen atoms in total. The Kier molecular flexibility index (Phi) is 8.43. The number of halogens is 2. The lowest BCUT2D eigenvalue weighted by Crippen LogP contribution is -2.46. The van der Waals surface area contributed by atoms with Crippen molar-refractivity contribution in [3.05, 3.63) is 57.8 Å². The van der Waals surface area contributed by atoms with E-state index in [9.17, 15) is 13.9 Å². The molecular formula is C22H27F2NOS. The molecule has 1 aromatic heterocycles. The summed E-state index contributed by atoms with van der Waals surface area (Å²) in [7, 11) is 0. The molecule has 27 heavy (non-hydrogen) atoms. The minimum Gasteiger partial charge on any atom is -0.392 e. The lowest BCUT2D eigenvalue weighted by atomic mass is 9.77. The minimum atomic E-state index is -0.568. The van der Waals surface area contributed by atoms with Gasteiger partial charge in [0.25, 0.3) is 0 Å². The van der Waals surface area contributed by atoms with Crippen LogP contribution < -0.4 is 5.32 Å². The van der Waals surface area contributed by atoms with Gasteiger partial charge in [0, 0.05) is 18.2 Å². The van der Waals surface area contributed by atoms with Crippen molar-refractivity contribution in [3.63, 3.8) is 0 Å². The van der Waals surface area contributed by atoms with Crippen molar-refractivity contribution in [2.45, 2.75) is 56.6 Å². The molecule has 0 saturated heterocycles. The fourth-order valence-corrected chi connectivity index (χ4v) is 4.52. The number of hydrogen-bond acceptors (Lipinski definition) is 3. The van der Waals surface area contributed by atoms with E-state index in [0.717, 1.165) is 18.9 Å². The standard InChI is InChI=1S/C20H25F2NOS.C2H2/c21-17-10-15(11-18(22)12-17)4-5-19(24)13-23-20(7-2-1-3-8-20)16-6-9-25-14-16;1-2/h6,9-12,14,19,23-24H,1-5,7-8,13H2;1-2H. The lowest BCUT2D eigenvalue weighted by molar-refractivity contribution is 0.132. The molecule has 1 saturated carbocycles. The maximum Gasteiger partial charge on any atom is 0.126 e. The van der Waals surface area contributed by atoms with Gasteiger partial charge >= 0.3 is 0 Å². The van der Waals surface area contributed by atoms with Crippen LogP contribution >= 0.6 is 11.3 Å². The van der Waals surface area contributed by atoms with Crippen molar-refractivity contribution in [1.82, 2.24) is 5.32 Å². The van der Waals surface area contributed by atoms with Crippen LogP contribution in [0.3, 0.4) is 0 Å². The normalized spacial score (nSPS) is 16.9. The number of thiophene rings is 1. The Labute approximate surface area is 164 Å². The van der Waals surface area contributed by atoms with Gasteiger partial charge in [-0.2, -0.15) is 11.3 Å². The summed E-state index contributed by atoms with van der Waals surface area (Å²) in [6.45, 7) is 0.494. The van der Waals surface area contributed by atoms with E-state index in [1.807, 2.05) is 0 Å². The summed E-state index contributed by atoms with van der Waals surface area (Å²) in [5.41, 5.74) is 1.86. The molecule has 1 aromatic carbocycles. The Morgan fingerprint density at radius 3 is 2.37 bits per heavy atom. The van der Waals surface area contributed by atoms with Crippen LogP contribution in [-0.2, 0) is 12.0 Å². The summed E-state index contributed by atoms with van der Waals surface area (Å²) >= 11 is 1.70. The van der Waals surface area contributed by atoms with Crippen molar-refractivity contribution in [2.24, 2.45) is 0 Å². The number of benzene rings is 1. The highest BCUT2D eigenvalue weighted by Gasteiger charge is 2.34. The predicted octanol–water partition coefficient (Wildman–Crippen LogP) is 5.02. The van der Waals surface area contributed by atoms with Gasteiger partial charge in [0.15, 0.2) is 0 Å². The maximum atomic E-state index is 13.2. The molecule has 1 heterocycles. The van der Waals surface area contributed by atoms with E-state index in [-0.39, 0.29) is 5.54 Å². The van der Waals surface area contributed by atoms with Crippen LogP contribution in [0.25, 0.3) is 0 Å². The summed E-state index contributed by atoms with van der Waals surface area (Å²) in [4.78, 5) is 0. The van der Waals surface area contributed by atoms with Crippen LogP contribution in [0.1, 0.15) is 49.7 Å². The molecule has 0 amide bonds. The smallest absolute Gasteiger partial charge is 0.126 e. The summed E-state index contributed by atoms with van der Waals surface area (Å²) in [5.74, 6) is -1.14. The quantitative estimate of drug-likeness (QED) is 0.650. The summed E-state index contributed by atoms with van der Waals surface area (Å²) in [6, 6.07) is 5.70. The van der Waals surface area contributed by atoms with Gasteiger partial charge in [-0.25, -0.2) is 8.78 Å². The Bertz CT molecular complexity index is 688. The maximum absolute atomic E-state index is 13.2. The largest absolute Gasteiger partial charge is 0.392 e. The first-order chi connectivity index (χ1) is 13.1. The predicted molar refractivity (Wildman–Crippen MR) is 108 cm³/mol. The number of nitrogens with one attached hydrogen (secondary N) is 1. The van der Waals surface area contributed by atoms with Crippen molar-refractivity contribution < 1.29 is 13.9 Å². The Morgan fingerprint density at radius 2 is 1.78 bits per heavy atom. The van der Waals surface area contributed by atoms with Crippen molar-refractivity contribution in [1.29, 1.82) is 0 Å². The average molecular weight is 392 g/mol. The van der Waals surface area contributed by atoms with Gasteiger partial charge in [-0.1, -0.05) is 19.3 Å². The van der Waals surface area contributed by atoms with Crippen molar-refractivity contribution >= 4 is 11.3 Å². The van der Waals surface area contributed by atoms with E-state index < -0.39 is 17.7 Å². The summed E-state index contributed by atoms with van der Waals surface area (Å²) < 4.78 is 26.5. The van der Waals surface area contributed by atoms with E-state index in [0.29, 0.717) is 24.9 Å². The third-order valence-corrected chi connectivity index (χ3v) is 5.83. The van der Waals surface area contributed by atoms with Crippen molar-refractivity contribution in [3.8, 4) is 12.8 Å². The highest BCUT2D eigenvalue weighted by molar-refractivity contribution is 7.08. The fraction of sp³-hybridized carbons (Fsp3) is 0.455. The third kappa shape index (κ3) is 6.14. The second-order valence-corrected chi connectivity index (χ2v) is 7.79. The molecule has 146 valence electrons. The molecule has 1 aliphatic rings.